The zero-order chi connectivity index (χ0) is 23.6. The molecule has 1 unspecified atom stereocenters. The Labute approximate surface area is 183 Å². The molecule has 0 spiro atoms. The predicted molar refractivity (Wildman–Crippen MR) is 109 cm³/mol. The van der Waals surface area contributed by atoms with E-state index in [1.807, 2.05) is 0 Å². The zero-order valence-corrected chi connectivity index (χ0v) is 17.7. The number of pyridine rings is 1. The van der Waals surface area contributed by atoms with Crippen molar-refractivity contribution in [2.24, 2.45) is 0 Å². The molecule has 0 saturated heterocycles. The molecule has 1 aromatic heterocycles. The first-order valence-electron chi connectivity index (χ1n) is 9.23. The van der Waals surface area contributed by atoms with Crippen molar-refractivity contribution in [3.05, 3.63) is 83.2 Å². The monoisotopic (exact) mass is 468 g/mol. The summed E-state index contributed by atoms with van der Waals surface area (Å²) in [6.45, 7) is 1.56. The first-order valence-corrected chi connectivity index (χ1v) is 10.8. The Bertz CT molecular complexity index is 1180. The second-order valence-corrected chi connectivity index (χ2v) is 8.37. The fourth-order valence-electron chi connectivity index (χ4n) is 2.97. The lowest BCUT2D eigenvalue weighted by atomic mass is 10.0. The third-order valence-electron chi connectivity index (χ3n) is 4.67. The van der Waals surface area contributed by atoms with E-state index >= 15 is 0 Å². The Morgan fingerprint density at radius 3 is 2.34 bits per heavy atom. The van der Waals surface area contributed by atoms with Gasteiger partial charge in [-0.15, -0.1) is 0 Å². The smallest absolute Gasteiger partial charge is 0.345 e. The highest BCUT2D eigenvalue weighted by Gasteiger charge is 2.32. The fourth-order valence-corrected chi connectivity index (χ4v) is 3.55. The number of carbonyl (C=O) groups excluding carboxylic acids is 1. The van der Waals surface area contributed by atoms with Gasteiger partial charge in [0.15, 0.2) is 0 Å². The van der Waals surface area contributed by atoms with Crippen LogP contribution in [0.1, 0.15) is 34.6 Å². The van der Waals surface area contributed by atoms with E-state index in [0.717, 1.165) is 18.3 Å². The number of alkyl halides is 3. The number of rotatable bonds is 5. The van der Waals surface area contributed by atoms with Crippen LogP contribution in [0.2, 0.25) is 0 Å². The average molecular weight is 468 g/mol. The Morgan fingerprint density at radius 1 is 1.06 bits per heavy atom. The van der Waals surface area contributed by atoms with Crippen LogP contribution in [0.15, 0.2) is 59.6 Å². The molecule has 10 heteroatoms. The second kappa shape index (κ2) is 9.15. The SMILES string of the molecule is C[C@@H](NC(=O)c1cc(-c2ccc(F)cc2F)cc(S(C)=O)c1)c1ccc(C(F)(F)F)nc1. The van der Waals surface area contributed by atoms with E-state index < -0.39 is 46.3 Å². The number of aromatic nitrogens is 1. The molecule has 168 valence electrons. The summed E-state index contributed by atoms with van der Waals surface area (Å²) in [7, 11) is -1.50. The van der Waals surface area contributed by atoms with Crippen molar-refractivity contribution in [2.45, 2.75) is 24.0 Å². The van der Waals surface area contributed by atoms with Gasteiger partial charge in [-0.3, -0.25) is 14.0 Å². The first kappa shape index (κ1) is 23.5. The van der Waals surface area contributed by atoms with Gasteiger partial charge in [0, 0.05) is 45.3 Å². The normalized spacial score (nSPS) is 13.5. The second-order valence-electron chi connectivity index (χ2n) is 6.99. The van der Waals surface area contributed by atoms with Gasteiger partial charge in [-0.05, 0) is 54.4 Å². The summed E-state index contributed by atoms with van der Waals surface area (Å²) in [4.78, 5) is 16.4. The average Bonchev–Trinajstić information content (AvgIpc) is 2.72. The number of hydrogen-bond acceptors (Lipinski definition) is 3. The number of nitrogens with zero attached hydrogens (tertiary/aromatic N) is 1. The van der Waals surface area contributed by atoms with Crippen LogP contribution in [0, 0.1) is 11.6 Å². The van der Waals surface area contributed by atoms with Gasteiger partial charge in [-0.25, -0.2) is 8.78 Å². The molecule has 1 heterocycles. The molecule has 0 aliphatic heterocycles. The summed E-state index contributed by atoms with van der Waals surface area (Å²) in [5, 5.41) is 2.63. The van der Waals surface area contributed by atoms with E-state index in [9.17, 15) is 31.0 Å². The number of carbonyl (C=O) groups is 1. The third kappa shape index (κ3) is 5.37. The maximum Gasteiger partial charge on any atom is 0.433 e. The van der Waals surface area contributed by atoms with Gasteiger partial charge >= 0.3 is 6.18 Å². The van der Waals surface area contributed by atoms with Gasteiger partial charge in [-0.1, -0.05) is 6.07 Å². The molecule has 3 rings (SSSR count). The summed E-state index contributed by atoms with van der Waals surface area (Å²) >= 11 is 0. The van der Waals surface area contributed by atoms with Crippen LogP contribution in [0.3, 0.4) is 0 Å². The molecular weight excluding hydrogens is 451 g/mol. The molecule has 4 nitrogen and oxygen atoms in total. The van der Waals surface area contributed by atoms with Gasteiger partial charge < -0.3 is 5.32 Å². The van der Waals surface area contributed by atoms with Gasteiger partial charge in [-0.2, -0.15) is 13.2 Å². The molecule has 0 radical (unpaired) electrons. The molecule has 2 aromatic carbocycles. The number of benzene rings is 2. The summed E-state index contributed by atoms with van der Waals surface area (Å²) in [5.74, 6) is -2.23. The molecule has 0 saturated carbocycles. The number of halogens is 5. The summed E-state index contributed by atoms with van der Waals surface area (Å²) in [6.07, 6.45) is -2.17. The highest BCUT2D eigenvalue weighted by Crippen LogP contribution is 2.29. The number of nitrogens with one attached hydrogen (secondary N) is 1. The van der Waals surface area contributed by atoms with E-state index in [4.69, 9.17) is 0 Å². The summed E-state index contributed by atoms with van der Waals surface area (Å²) in [6, 6.07) is 8.46. The van der Waals surface area contributed by atoms with Crippen molar-refractivity contribution in [3.63, 3.8) is 0 Å². The van der Waals surface area contributed by atoms with Crippen LogP contribution in [0.25, 0.3) is 11.1 Å². The molecule has 1 amide bonds. The van der Waals surface area contributed by atoms with Crippen molar-refractivity contribution in [2.75, 3.05) is 6.26 Å². The van der Waals surface area contributed by atoms with Crippen molar-refractivity contribution < 1.29 is 31.0 Å². The topological polar surface area (TPSA) is 59.1 Å². The van der Waals surface area contributed by atoms with E-state index in [-0.39, 0.29) is 21.6 Å². The highest BCUT2D eigenvalue weighted by atomic mass is 32.2. The molecule has 2 atom stereocenters. The minimum Gasteiger partial charge on any atom is -0.345 e. The number of hydrogen-bond donors (Lipinski definition) is 1. The standard InChI is InChI=1S/C22H17F5N2O2S/c1-12(13-3-6-20(28-11-13)22(25,26)27)29-21(30)15-7-14(8-17(9-15)32(2)31)18-5-4-16(23)10-19(18)24/h3-12H,1-2H3,(H,29,30)/t12-,32?/m1/s1. The van der Waals surface area contributed by atoms with Gasteiger partial charge in [0.2, 0.25) is 0 Å². The van der Waals surface area contributed by atoms with Crippen LogP contribution >= 0.6 is 0 Å². The van der Waals surface area contributed by atoms with Crippen molar-refractivity contribution in [1.82, 2.24) is 10.3 Å². The van der Waals surface area contributed by atoms with E-state index in [1.54, 1.807) is 6.92 Å². The van der Waals surface area contributed by atoms with Crippen molar-refractivity contribution in [1.29, 1.82) is 0 Å². The molecule has 0 aliphatic rings. The van der Waals surface area contributed by atoms with Crippen molar-refractivity contribution in [3.8, 4) is 11.1 Å². The lowest BCUT2D eigenvalue weighted by molar-refractivity contribution is -0.141. The van der Waals surface area contributed by atoms with E-state index in [1.165, 1.54) is 36.6 Å². The van der Waals surface area contributed by atoms with Crippen LogP contribution in [-0.2, 0) is 17.0 Å². The molecule has 3 aromatic rings. The van der Waals surface area contributed by atoms with Crippen molar-refractivity contribution >= 4 is 16.7 Å². The molecule has 0 fully saturated rings. The lowest BCUT2D eigenvalue weighted by Gasteiger charge is -2.16. The first-order chi connectivity index (χ1) is 15.0. The minimum atomic E-state index is -4.58. The Balaban J connectivity index is 1.90. The quantitative estimate of drug-likeness (QED) is 0.519. The minimum absolute atomic E-state index is 0.0211. The van der Waals surface area contributed by atoms with Crippen LogP contribution < -0.4 is 5.32 Å². The predicted octanol–water partition coefficient (Wildman–Crippen LogP) is 5.27. The van der Waals surface area contributed by atoms with Crippen LogP contribution in [0.4, 0.5) is 22.0 Å². The Morgan fingerprint density at radius 2 is 1.78 bits per heavy atom. The maximum atomic E-state index is 14.2. The van der Waals surface area contributed by atoms with Crippen LogP contribution in [-0.4, -0.2) is 21.4 Å². The highest BCUT2D eigenvalue weighted by molar-refractivity contribution is 7.84. The van der Waals surface area contributed by atoms with Gasteiger partial charge in [0.1, 0.15) is 17.3 Å². The molecule has 0 aliphatic carbocycles. The van der Waals surface area contributed by atoms with Crippen LogP contribution in [0.5, 0.6) is 0 Å². The zero-order valence-electron chi connectivity index (χ0n) is 16.8. The molecule has 1 N–H and O–H groups in total. The summed E-state index contributed by atoms with van der Waals surface area (Å²) < 4.78 is 77.6. The van der Waals surface area contributed by atoms with Gasteiger partial charge in [0.25, 0.3) is 5.91 Å². The maximum absolute atomic E-state index is 14.2. The summed E-state index contributed by atoms with van der Waals surface area (Å²) in [5.41, 5.74) is -0.407. The molecule has 0 bridgehead atoms. The Kier molecular flexibility index (Phi) is 6.73. The largest absolute Gasteiger partial charge is 0.433 e. The third-order valence-corrected chi connectivity index (χ3v) is 5.57. The van der Waals surface area contributed by atoms with Gasteiger partial charge in [0.05, 0.1) is 6.04 Å². The fraction of sp³-hybridized carbons (Fsp3) is 0.182. The Hall–Kier alpha value is -3.14. The molecular formula is C22H17F5N2O2S. The lowest BCUT2D eigenvalue weighted by Crippen LogP contribution is -2.27. The molecule has 32 heavy (non-hydrogen) atoms. The number of amides is 1. The van der Waals surface area contributed by atoms with E-state index in [2.05, 4.69) is 10.3 Å². The van der Waals surface area contributed by atoms with E-state index in [0.29, 0.717) is 11.6 Å².